The lowest BCUT2D eigenvalue weighted by Gasteiger charge is -2.23. The van der Waals surface area contributed by atoms with E-state index in [9.17, 15) is 0 Å². The Kier molecular flexibility index (Phi) is 3.00. The molecule has 0 radical (unpaired) electrons. The van der Waals surface area contributed by atoms with Crippen LogP contribution in [0.1, 0.15) is 24.4 Å². The van der Waals surface area contributed by atoms with Gasteiger partial charge in [0.15, 0.2) is 17.1 Å². The van der Waals surface area contributed by atoms with Crippen molar-refractivity contribution in [1.82, 2.24) is 25.3 Å². The average molecular weight is 324 g/mol. The highest BCUT2D eigenvalue weighted by Gasteiger charge is 2.33. The van der Waals surface area contributed by atoms with Crippen LogP contribution in [0.2, 0.25) is 0 Å². The molecule has 1 unspecified atom stereocenters. The first-order chi connectivity index (χ1) is 11.9. The van der Waals surface area contributed by atoms with E-state index in [4.69, 9.17) is 9.47 Å². The Hall–Kier alpha value is -2.90. The fourth-order valence-corrected chi connectivity index (χ4v) is 3.04. The topological polar surface area (TPSA) is 86.5 Å². The van der Waals surface area contributed by atoms with Gasteiger partial charge in [0.2, 0.25) is 0 Å². The number of hydrogen-bond donors (Lipinski definition) is 1. The molecule has 1 aromatic carbocycles. The summed E-state index contributed by atoms with van der Waals surface area (Å²) in [7, 11) is 0. The molecule has 1 aliphatic carbocycles. The first-order valence-corrected chi connectivity index (χ1v) is 8.08. The highest BCUT2D eigenvalue weighted by atomic mass is 16.6. The summed E-state index contributed by atoms with van der Waals surface area (Å²) < 4.78 is 12.7. The highest BCUT2D eigenvalue weighted by Crippen LogP contribution is 2.44. The van der Waals surface area contributed by atoms with E-state index >= 15 is 0 Å². The van der Waals surface area contributed by atoms with Crippen LogP contribution in [0.5, 0.6) is 11.5 Å². The van der Waals surface area contributed by atoms with E-state index in [1.54, 1.807) is 0 Å². The van der Waals surface area contributed by atoms with Crippen LogP contribution in [0.25, 0.3) is 5.65 Å². The van der Waals surface area contributed by atoms with Gasteiger partial charge in [-0.3, -0.25) is 0 Å². The van der Waals surface area contributed by atoms with E-state index in [-0.39, 0.29) is 6.04 Å². The van der Waals surface area contributed by atoms with Crippen LogP contribution in [0, 0.1) is 5.92 Å². The summed E-state index contributed by atoms with van der Waals surface area (Å²) in [5.41, 5.74) is 1.81. The summed E-state index contributed by atoms with van der Waals surface area (Å²) in [6.07, 6.45) is 2.42. The van der Waals surface area contributed by atoms with Crippen LogP contribution in [0.4, 0.5) is 5.82 Å². The van der Waals surface area contributed by atoms with Crippen molar-refractivity contribution < 1.29 is 9.47 Å². The first-order valence-electron chi connectivity index (χ1n) is 8.08. The van der Waals surface area contributed by atoms with Crippen molar-refractivity contribution in [2.75, 3.05) is 18.5 Å². The third kappa shape index (κ3) is 2.40. The summed E-state index contributed by atoms with van der Waals surface area (Å²) in [6.45, 7) is 1.20. The van der Waals surface area contributed by atoms with Crippen molar-refractivity contribution in [1.29, 1.82) is 0 Å². The molecule has 1 fully saturated rings. The number of rotatable bonds is 4. The van der Waals surface area contributed by atoms with Gasteiger partial charge in [0.25, 0.3) is 0 Å². The maximum Gasteiger partial charge on any atom is 0.200 e. The number of fused-ring (bicyclic) bond motifs is 2. The van der Waals surface area contributed by atoms with Crippen LogP contribution >= 0.6 is 0 Å². The molecular formula is C16H16N6O2. The number of ether oxygens (including phenoxy) is 2. The van der Waals surface area contributed by atoms with Crippen molar-refractivity contribution in [3.05, 3.63) is 35.9 Å². The zero-order chi connectivity index (χ0) is 15.9. The van der Waals surface area contributed by atoms with E-state index in [0.717, 1.165) is 17.3 Å². The van der Waals surface area contributed by atoms with E-state index in [0.29, 0.717) is 24.8 Å². The zero-order valence-electron chi connectivity index (χ0n) is 12.9. The highest BCUT2D eigenvalue weighted by molar-refractivity contribution is 5.48. The Morgan fingerprint density at radius 3 is 2.83 bits per heavy atom. The molecule has 122 valence electrons. The van der Waals surface area contributed by atoms with Crippen molar-refractivity contribution in [2.45, 2.75) is 18.9 Å². The van der Waals surface area contributed by atoms with Gasteiger partial charge in [0.05, 0.1) is 6.04 Å². The van der Waals surface area contributed by atoms with Gasteiger partial charge in [-0.15, -0.1) is 14.8 Å². The molecule has 1 saturated carbocycles. The summed E-state index contributed by atoms with van der Waals surface area (Å²) in [6, 6.07) is 10.1. The molecule has 2 aliphatic rings. The molecular weight excluding hydrogens is 308 g/mol. The van der Waals surface area contributed by atoms with Gasteiger partial charge < -0.3 is 14.8 Å². The number of aromatic nitrogens is 5. The number of nitrogens with zero attached hydrogens (tertiary/aromatic N) is 5. The van der Waals surface area contributed by atoms with Crippen LogP contribution in [-0.2, 0) is 0 Å². The van der Waals surface area contributed by atoms with Gasteiger partial charge in [-0.1, -0.05) is 6.07 Å². The lowest BCUT2D eigenvalue weighted by molar-refractivity contribution is 0.171. The molecule has 24 heavy (non-hydrogen) atoms. The van der Waals surface area contributed by atoms with Gasteiger partial charge in [-0.25, -0.2) is 0 Å². The molecule has 0 amide bonds. The molecule has 8 heteroatoms. The fraction of sp³-hybridized carbons (Fsp3) is 0.375. The van der Waals surface area contributed by atoms with Crippen molar-refractivity contribution >= 4 is 11.5 Å². The minimum absolute atomic E-state index is 0.183. The normalized spacial score (nSPS) is 17.7. The van der Waals surface area contributed by atoms with Gasteiger partial charge in [0, 0.05) is 0 Å². The van der Waals surface area contributed by atoms with E-state index in [1.807, 2.05) is 18.2 Å². The maximum absolute atomic E-state index is 5.71. The smallest absolute Gasteiger partial charge is 0.200 e. The largest absolute Gasteiger partial charge is 0.486 e. The van der Waals surface area contributed by atoms with Crippen molar-refractivity contribution in [3.8, 4) is 11.5 Å². The van der Waals surface area contributed by atoms with E-state index in [1.165, 1.54) is 23.0 Å². The molecule has 0 spiro atoms. The minimum atomic E-state index is 0.183. The Morgan fingerprint density at radius 2 is 1.96 bits per heavy atom. The predicted molar refractivity (Wildman–Crippen MR) is 85.1 cm³/mol. The third-order valence-electron chi connectivity index (χ3n) is 4.39. The second kappa shape index (κ2) is 5.33. The standard InChI is InChI=1S/C16H16N6O2/c1-2-10(1)16(11-3-4-12-13(9-11)24-8-7-23-12)17-14-5-6-15-18-20-21-22(15)19-14/h3-6,9-10,16H,1-2,7-8H2,(H,17,19). The predicted octanol–water partition coefficient (Wildman–Crippen LogP) is 1.85. The Balaban J connectivity index is 1.46. The molecule has 8 nitrogen and oxygen atoms in total. The molecule has 0 bridgehead atoms. The second-order valence-corrected chi connectivity index (χ2v) is 6.11. The van der Waals surface area contributed by atoms with E-state index < -0.39 is 0 Å². The first kappa shape index (κ1) is 13.5. The number of benzene rings is 1. The molecule has 1 atom stereocenters. The van der Waals surface area contributed by atoms with Crippen LogP contribution < -0.4 is 14.8 Å². The van der Waals surface area contributed by atoms with Crippen LogP contribution in [-0.4, -0.2) is 38.5 Å². The minimum Gasteiger partial charge on any atom is -0.486 e. The van der Waals surface area contributed by atoms with Gasteiger partial charge in [-0.05, 0) is 59.0 Å². The quantitative estimate of drug-likeness (QED) is 0.783. The lowest BCUT2D eigenvalue weighted by Crippen LogP contribution is -2.18. The molecule has 5 rings (SSSR count). The third-order valence-corrected chi connectivity index (χ3v) is 4.39. The van der Waals surface area contributed by atoms with Crippen LogP contribution in [0.3, 0.4) is 0 Å². The molecule has 3 aromatic rings. The molecule has 3 heterocycles. The maximum atomic E-state index is 5.71. The summed E-state index contributed by atoms with van der Waals surface area (Å²) in [5.74, 6) is 2.98. The Bertz CT molecular complexity index is 891. The molecule has 1 N–H and O–H groups in total. The SMILES string of the molecule is c1cc2c(cc1C(Nc1ccc3nnnn3n1)C1CC1)OCCO2. The summed E-state index contributed by atoms with van der Waals surface area (Å²) >= 11 is 0. The monoisotopic (exact) mass is 324 g/mol. The van der Waals surface area contributed by atoms with Gasteiger partial charge >= 0.3 is 0 Å². The number of anilines is 1. The number of nitrogens with one attached hydrogen (secondary N) is 1. The molecule has 0 saturated heterocycles. The summed E-state index contributed by atoms with van der Waals surface area (Å²) in [5, 5.41) is 19.3. The van der Waals surface area contributed by atoms with Gasteiger partial charge in [-0.2, -0.15) is 0 Å². The van der Waals surface area contributed by atoms with Crippen molar-refractivity contribution in [3.63, 3.8) is 0 Å². The Morgan fingerprint density at radius 1 is 1.08 bits per heavy atom. The average Bonchev–Trinajstić information content (AvgIpc) is 3.36. The molecule has 2 aromatic heterocycles. The summed E-state index contributed by atoms with van der Waals surface area (Å²) in [4.78, 5) is 0. The van der Waals surface area contributed by atoms with Gasteiger partial charge in [0.1, 0.15) is 19.0 Å². The Labute approximate surface area is 137 Å². The van der Waals surface area contributed by atoms with E-state index in [2.05, 4.69) is 38.1 Å². The lowest BCUT2D eigenvalue weighted by atomic mass is 10.0. The fourth-order valence-electron chi connectivity index (χ4n) is 3.04. The number of tetrazole rings is 1. The van der Waals surface area contributed by atoms with Crippen molar-refractivity contribution in [2.24, 2.45) is 5.92 Å². The zero-order valence-corrected chi connectivity index (χ0v) is 12.9. The second-order valence-electron chi connectivity index (χ2n) is 6.11. The van der Waals surface area contributed by atoms with Crippen LogP contribution in [0.15, 0.2) is 30.3 Å². The molecule has 1 aliphatic heterocycles. The number of hydrogen-bond acceptors (Lipinski definition) is 7.